The predicted octanol–water partition coefficient (Wildman–Crippen LogP) is 3.89. The molecule has 1 atom stereocenters. The van der Waals surface area contributed by atoms with Crippen LogP contribution in [0.15, 0.2) is 49.1 Å². The third kappa shape index (κ3) is 3.14. The summed E-state index contributed by atoms with van der Waals surface area (Å²) in [4.78, 5) is 13.2. The van der Waals surface area contributed by atoms with Crippen LogP contribution in [0.2, 0.25) is 0 Å². The first-order valence-corrected chi connectivity index (χ1v) is 8.92. The number of benzene rings is 1. The first kappa shape index (κ1) is 17.1. The summed E-state index contributed by atoms with van der Waals surface area (Å²) in [7, 11) is 1.90. The van der Waals surface area contributed by atoms with Crippen LogP contribution in [0.5, 0.6) is 0 Å². The van der Waals surface area contributed by atoms with Crippen LogP contribution in [0.25, 0.3) is 11.0 Å². The first-order chi connectivity index (χ1) is 13.0. The fourth-order valence-corrected chi connectivity index (χ4v) is 3.48. The molecule has 0 aliphatic heterocycles. The van der Waals surface area contributed by atoms with Gasteiger partial charge in [0.1, 0.15) is 12.1 Å². The van der Waals surface area contributed by atoms with Gasteiger partial charge in [-0.2, -0.15) is 5.10 Å². The Morgan fingerprint density at radius 2 is 1.93 bits per heavy atom. The molecule has 0 fully saturated rings. The summed E-state index contributed by atoms with van der Waals surface area (Å²) in [6, 6.07) is 10.5. The zero-order chi connectivity index (χ0) is 19.0. The predicted molar refractivity (Wildman–Crippen MR) is 107 cm³/mol. The van der Waals surface area contributed by atoms with Crippen LogP contribution in [0.4, 0.5) is 5.82 Å². The number of nitrogens with zero attached hydrogens (tertiary/aromatic N) is 5. The third-order valence-electron chi connectivity index (χ3n) is 4.84. The van der Waals surface area contributed by atoms with Gasteiger partial charge in [-0.25, -0.2) is 9.97 Å². The molecular formula is C21H22N6. The molecule has 4 rings (SSSR count). The number of pyridine rings is 1. The van der Waals surface area contributed by atoms with Gasteiger partial charge in [-0.05, 0) is 43.5 Å². The van der Waals surface area contributed by atoms with E-state index in [0.717, 1.165) is 28.1 Å². The highest BCUT2D eigenvalue weighted by Crippen LogP contribution is 2.31. The Bertz CT molecular complexity index is 1100. The summed E-state index contributed by atoms with van der Waals surface area (Å²) in [6.07, 6.45) is 5.26. The Labute approximate surface area is 158 Å². The quantitative estimate of drug-likeness (QED) is 0.599. The molecule has 1 N–H and O–H groups in total. The maximum absolute atomic E-state index is 4.53. The number of fused-ring (bicyclic) bond motifs is 1. The number of aromatic nitrogens is 5. The zero-order valence-corrected chi connectivity index (χ0v) is 15.9. The topological polar surface area (TPSA) is 68.5 Å². The van der Waals surface area contributed by atoms with Crippen LogP contribution < -0.4 is 5.32 Å². The molecule has 1 unspecified atom stereocenters. The third-order valence-corrected chi connectivity index (χ3v) is 4.84. The minimum atomic E-state index is -0.0729. The fourth-order valence-electron chi connectivity index (χ4n) is 3.48. The van der Waals surface area contributed by atoms with Crippen molar-refractivity contribution in [2.45, 2.75) is 26.8 Å². The molecule has 0 bridgehead atoms. The Morgan fingerprint density at radius 1 is 1.07 bits per heavy atom. The monoisotopic (exact) mass is 358 g/mol. The molecular weight excluding hydrogens is 336 g/mol. The van der Waals surface area contributed by atoms with E-state index < -0.39 is 0 Å². The number of rotatable bonds is 4. The van der Waals surface area contributed by atoms with E-state index in [-0.39, 0.29) is 6.04 Å². The zero-order valence-electron chi connectivity index (χ0n) is 15.9. The van der Waals surface area contributed by atoms with Crippen molar-refractivity contribution in [1.29, 1.82) is 0 Å². The molecule has 6 nitrogen and oxygen atoms in total. The molecule has 0 aliphatic carbocycles. The van der Waals surface area contributed by atoms with Gasteiger partial charge in [0.2, 0.25) is 0 Å². The van der Waals surface area contributed by atoms with E-state index in [9.17, 15) is 0 Å². The summed E-state index contributed by atoms with van der Waals surface area (Å²) in [5.74, 6) is 0.778. The molecule has 1 aromatic carbocycles. The summed E-state index contributed by atoms with van der Waals surface area (Å²) >= 11 is 0. The highest BCUT2D eigenvalue weighted by atomic mass is 15.3. The van der Waals surface area contributed by atoms with Gasteiger partial charge in [0.25, 0.3) is 0 Å². The number of hydrogen-bond donors (Lipinski definition) is 1. The Balaban J connectivity index is 1.87. The lowest BCUT2D eigenvalue weighted by atomic mass is 9.94. The second-order valence-corrected chi connectivity index (χ2v) is 6.85. The van der Waals surface area contributed by atoms with E-state index in [1.807, 2.05) is 26.2 Å². The van der Waals surface area contributed by atoms with Crippen molar-refractivity contribution in [1.82, 2.24) is 24.7 Å². The van der Waals surface area contributed by atoms with Crippen LogP contribution >= 0.6 is 0 Å². The van der Waals surface area contributed by atoms with Crippen molar-refractivity contribution >= 4 is 16.9 Å². The average molecular weight is 358 g/mol. The summed E-state index contributed by atoms with van der Waals surface area (Å²) < 4.78 is 1.79. The highest BCUT2D eigenvalue weighted by molar-refractivity contribution is 5.89. The summed E-state index contributed by atoms with van der Waals surface area (Å²) in [6.45, 7) is 6.22. The molecule has 0 saturated carbocycles. The molecule has 27 heavy (non-hydrogen) atoms. The molecule has 0 radical (unpaired) electrons. The van der Waals surface area contributed by atoms with Gasteiger partial charge in [0.05, 0.1) is 17.1 Å². The van der Waals surface area contributed by atoms with E-state index >= 15 is 0 Å². The van der Waals surface area contributed by atoms with Crippen molar-refractivity contribution in [2.75, 3.05) is 5.32 Å². The standard InChI is InChI=1S/C21H22N6/c1-13-7-8-14(2)17(10-13)19(16-6-5-9-22-11-16)25-20-18-15(3)26-27(4)21(18)24-12-23-20/h5-12,19H,1-4H3,(H,23,24,25). The average Bonchev–Trinajstić information content (AvgIpc) is 2.97. The second kappa shape index (κ2) is 6.79. The van der Waals surface area contributed by atoms with Gasteiger partial charge < -0.3 is 5.32 Å². The lowest BCUT2D eigenvalue weighted by Gasteiger charge is -2.22. The Hall–Kier alpha value is -3.28. The molecule has 3 aromatic heterocycles. The lowest BCUT2D eigenvalue weighted by Crippen LogP contribution is -2.15. The smallest absolute Gasteiger partial charge is 0.163 e. The maximum atomic E-state index is 4.53. The second-order valence-electron chi connectivity index (χ2n) is 6.85. The van der Waals surface area contributed by atoms with Gasteiger partial charge in [0.15, 0.2) is 5.65 Å². The normalized spacial score (nSPS) is 12.3. The molecule has 136 valence electrons. The number of aryl methyl sites for hydroxylation is 4. The van der Waals surface area contributed by atoms with Crippen molar-refractivity contribution in [2.24, 2.45) is 7.05 Å². The van der Waals surface area contributed by atoms with Crippen molar-refractivity contribution in [3.8, 4) is 0 Å². The SMILES string of the molecule is Cc1ccc(C)c(C(Nc2ncnc3c2c(C)nn3C)c2cccnc2)c1. The molecule has 0 spiro atoms. The maximum Gasteiger partial charge on any atom is 0.163 e. The van der Waals surface area contributed by atoms with Gasteiger partial charge in [-0.3, -0.25) is 9.67 Å². The van der Waals surface area contributed by atoms with E-state index in [4.69, 9.17) is 0 Å². The minimum Gasteiger partial charge on any atom is -0.358 e. The van der Waals surface area contributed by atoms with Crippen LogP contribution in [0, 0.1) is 20.8 Å². The summed E-state index contributed by atoms with van der Waals surface area (Å²) in [5.41, 5.74) is 6.44. The highest BCUT2D eigenvalue weighted by Gasteiger charge is 2.20. The van der Waals surface area contributed by atoms with Gasteiger partial charge in [-0.1, -0.05) is 29.8 Å². The van der Waals surface area contributed by atoms with Crippen LogP contribution in [-0.2, 0) is 7.05 Å². The van der Waals surface area contributed by atoms with E-state index in [0.29, 0.717) is 0 Å². The van der Waals surface area contributed by atoms with Gasteiger partial charge >= 0.3 is 0 Å². The minimum absolute atomic E-state index is 0.0729. The lowest BCUT2D eigenvalue weighted by molar-refractivity contribution is 0.773. The molecule has 3 heterocycles. The first-order valence-electron chi connectivity index (χ1n) is 8.92. The van der Waals surface area contributed by atoms with Crippen molar-refractivity contribution < 1.29 is 0 Å². The van der Waals surface area contributed by atoms with Gasteiger partial charge in [-0.15, -0.1) is 0 Å². The number of nitrogens with one attached hydrogen (secondary N) is 1. The van der Waals surface area contributed by atoms with Crippen LogP contribution in [0.3, 0.4) is 0 Å². The molecule has 0 aliphatic rings. The molecule has 0 saturated heterocycles. The van der Waals surface area contributed by atoms with E-state index in [1.54, 1.807) is 17.2 Å². The van der Waals surface area contributed by atoms with Crippen LogP contribution in [0.1, 0.15) is 34.0 Å². The largest absolute Gasteiger partial charge is 0.358 e. The molecule has 0 amide bonds. The molecule has 6 heteroatoms. The van der Waals surface area contributed by atoms with Crippen molar-refractivity contribution in [3.63, 3.8) is 0 Å². The fraction of sp³-hybridized carbons (Fsp3) is 0.238. The van der Waals surface area contributed by atoms with E-state index in [1.165, 1.54) is 16.7 Å². The van der Waals surface area contributed by atoms with Crippen molar-refractivity contribution in [3.05, 3.63) is 77.0 Å². The van der Waals surface area contributed by atoms with Gasteiger partial charge in [0, 0.05) is 19.4 Å². The number of anilines is 1. The summed E-state index contributed by atoms with van der Waals surface area (Å²) in [5, 5.41) is 9.07. The van der Waals surface area contributed by atoms with Crippen LogP contribution in [-0.4, -0.2) is 24.7 Å². The Morgan fingerprint density at radius 3 is 2.70 bits per heavy atom. The van der Waals surface area contributed by atoms with E-state index in [2.05, 4.69) is 63.5 Å². The molecule has 4 aromatic rings. The number of hydrogen-bond acceptors (Lipinski definition) is 5. The Kier molecular flexibility index (Phi) is 4.32.